The highest BCUT2D eigenvalue weighted by molar-refractivity contribution is 7.89. The molecule has 1 heterocycles. The van der Waals surface area contributed by atoms with Crippen LogP contribution in [0, 0.1) is 17.2 Å². The van der Waals surface area contributed by atoms with Gasteiger partial charge in [0, 0.05) is 19.3 Å². The quantitative estimate of drug-likeness (QED) is 0.602. The van der Waals surface area contributed by atoms with Crippen LogP contribution in [0.3, 0.4) is 0 Å². The summed E-state index contributed by atoms with van der Waals surface area (Å²) in [6.07, 6.45) is 1.18. The third-order valence-corrected chi connectivity index (χ3v) is 4.84. The van der Waals surface area contributed by atoms with Gasteiger partial charge in [-0.1, -0.05) is 18.5 Å². The zero-order valence-corrected chi connectivity index (χ0v) is 12.7. The van der Waals surface area contributed by atoms with Crippen LogP contribution in [0.1, 0.15) is 13.8 Å². The molecular weight excluding hydrogens is 302 g/mol. The van der Waals surface area contributed by atoms with E-state index in [1.54, 1.807) is 13.8 Å². The SMILES string of the molecule is CCN(CC(C)C#N)S(=O)(=O)c1cnc(NN)c(Cl)c1. The van der Waals surface area contributed by atoms with Gasteiger partial charge in [0.2, 0.25) is 10.0 Å². The Morgan fingerprint density at radius 3 is 2.75 bits per heavy atom. The van der Waals surface area contributed by atoms with Crippen molar-refractivity contribution in [3.8, 4) is 6.07 Å². The summed E-state index contributed by atoms with van der Waals surface area (Å²) >= 11 is 5.88. The minimum atomic E-state index is -3.74. The Bertz CT molecular complexity index is 614. The number of rotatable bonds is 6. The Kier molecular flexibility index (Phi) is 5.71. The molecule has 9 heteroatoms. The van der Waals surface area contributed by atoms with E-state index in [-0.39, 0.29) is 28.8 Å². The van der Waals surface area contributed by atoms with Crippen molar-refractivity contribution in [2.45, 2.75) is 18.7 Å². The molecule has 1 aromatic rings. The maximum Gasteiger partial charge on any atom is 0.244 e. The molecule has 0 fully saturated rings. The summed E-state index contributed by atoms with van der Waals surface area (Å²) in [5.41, 5.74) is 2.26. The minimum Gasteiger partial charge on any atom is -0.307 e. The van der Waals surface area contributed by atoms with Gasteiger partial charge in [-0.05, 0) is 13.0 Å². The molecule has 1 rings (SSSR count). The van der Waals surface area contributed by atoms with Crippen molar-refractivity contribution in [1.29, 1.82) is 5.26 Å². The molecule has 0 saturated carbocycles. The largest absolute Gasteiger partial charge is 0.307 e. The third-order valence-electron chi connectivity index (χ3n) is 2.64. The van der Waals surface area contributed by atoms with Crippen LogP contribution < -0.4 is 11.3 Å². The number of hydrazine groups is 1. The van der Waals surface area contributed by atoms with Gasteiger partial charge >= 0.3 is 0 Å². The number of nitriles is 1. The molecule has 110 valence electrons. The lowest BCUT2D eigenvalue weighted by Crippen LogP contribution is -2.34. The molecule has 1 unspecified atom stereocenters. The molecule has 1 atom stereocenters. The Labute approximate surface area is 123 Å². The number of halogens is 1. The highest BCUT2D eigenvalue weighted by Gasteiger charge is 2.25. The first-order valence-corrected chi connectivity index (χ1v) is 7.70. The highest BCUT2D eigenvalue weighted by atomic mass is 35.5. The van der Waals surface area contributed by atoms with Crippen LogP contribution in [0.15, 0.2) is 17.2 Å². The Morgan fingerprint density at radius 1 is 1.65 bits per heavy atom. The maximum absolute atomic E-state index is 12.4. The highest BCUT2D eigenvalue weighted by Crippen LogP contribution is 2.24. The van der Waals surface area contributed by atoms with Gasteiger partial charge in [0.25, 0.3) is 0 Å². The van der Waals surface area contributed by atoms with Crippen molar-refractivity contribution in [2.24, 2.45) is 11.8 Å². The number of hydrogen-bond acceptors (Lipinski definition) is 6. The van der Waals surface area contributed by atoms with Gasteiger partial charge < -0.3 is 5.43 Å². The summed E-state index contributed by atoms with van der Waals surface area (Å²) in [6, 6.07) is 3.29. The minimum absolute atomic E-state index is 0.0338. The van der Waals surface area contributed by atoms with E-state index < -0.39 is 15.9 Å². The molecule has 0 radical (unpaired) electrons. The summed E-state index contributed by atoms with van der Waals surface area (Å²) in [5, 5.41) is 8.91. The molecule has 0 aliphatic heterocycles. The van der Waals surface area contributed by atoms with E-state index in [0.29, 0.717) is 0 Å². The number of anilines is 1. The van der Waals surface area contributed by atoms with Crippen molar-refractivity contribution in [2.75, 3.05) is 18.5 Å². The zero-order valence-electron chi connectivity index (χ0n) is 11.2. The zero-order chi connectivity index (χ0) is 15.3. The van der Waals surface area contributed by atoms with Gasteiger partial charge in [0.05, 0.1) is 17.0 Å². The molecule has 7 nitrogen and oxygen atoms in total. The fourth-order valence-electron chi connectivity index (χ4n) is 1.56. The standard InChI is InChI=1S/C11H16ClN5O2S/c1-3-17(7-8(2)5-13)20(18,19)9-4-10(12)11(16-14)15-6-9/h4,6,8H,3,7,14H2,1-2H3,(H,15,16). The summed E-state index contributed by atoms with van der Waals surface area (Å²) in [7, 11) is -3.74. The van der Waals surface area contributed by atoms with Crippen LogP contribution in [-0.4, -0.2) is 30.8 Å². The van der Waals surface area contributed by atoms with Crippen molar-refractivity contribution in [3.05, 3.63) is 17.3 Å². The van der Waals surface area contributed by atoms with Crippen LogP contribution in [0.4, 0.5) is 5.82 Å². The lowest BCUT2D eigenvalue weighted by atomic mass is 10.2. The normalized spacial score (nSPS) is 13.0. The molecular formula is C11H16ClN5O2S. The molecule has 0 amide bonds. The van der Waals surface area contributed by atoms with E-state index in [1.165, 1.54) is 16.6 Å². The summed E-state index contributed by atoms with van der Waals surface area (Å²) in [4.78, 5) is 3.81. The first-order valence-electron chi connectivity index (χ1n) is 5.88. The first-order chi connectivity index (χ1) is 9.36. The van der Waals surface area contributed by atoms with Gasteiger partial charge in [0.1, 0.15) is 4.90 Å². The molecule has 0 aliphatic rings. The van der Waals surface area contributed by atoms with Crippen molar-refractivity contribution in [3.63, 3.8) is 0 Å². The van der Waals surface area contributed by atoms with Gasteiger partial charge in [0.15, 0.2) is 5.82 Å². The Balaban J connectivity index is 3.14. The summed E-state index contributed by atoms with van der Waals surface area (Å²) in [5.74, 6) is 4.98. The molecule has 0 aromatic carbocycles. The van der Waals surface area contributed by atoms with E-state index in [2.05, 4.69) is 10.4 Å². The average molecular weight is 318 g/mol. The molecule has 0 spiro atoms. The molecule has 0 aliphatic carbocycles. The lowest BCUT2D eigenvalue weighted by molar-refractivity contribution is 0.399. The van der Waals surface area contributed by atoms with E-state index in [4.69, 9.17) is 22.7 Å². The Morgan fingerprint density at radius 2 is 2.30 bits per heavy atom. The number of hydrogen-bond donors (Lipinski definition) is 2. The number of sulfonamides is 1. The Hall–Kier alpha value is -1.40. The van der Waals surface area contributed by atoms with E-state index in [9.17, 15) is 8.42 Å². The van der Waals surface area contributed by atoms with Crippen LogP contribution in [0.2, 0.25) is 5.02 Å². The second-order valence-corrected chi connectivity index (χ2v) is 6.48. The summed E-state index contributed by atoms with van der Waals surface area (Å²) in [6.45, 7) is 3.73. The van der Waals surface area contributed by atoms with Crippen molar-refractivity contribution in [1.82, 2.24) is 9.29 Å². The second kappa shape index (κ2) is 6.85. The van der Waals surface area contributed by atoms with Crippen LogP contribution in [0.25, 0.3) is 0 Å². The smallest absolute Gasteiger partial charge is 0.244 e. The predicted molar refractivity (Wildman–Crippen MR) is 76.3 cm³/mol. The van der Waals surface area contributed by atoms with Crippen molar-refractivity contribution < 1.29 is 8.42 Å². The molecule has 0 bridgehead atoms. The van der Waals surface area contributed by atoms with Crippen LogP contribution in [-0.2, 0) is 10.0 Å². The number of pyridine rings is 1. The van der Waals surface area contributed by atoms with Crippen molar-refractivity contribution >= 4 is 27.4 Å². The van der Waals surface area contributed by atoms with Gasteiger partial charge in [-0.3, -0.25) is 0 Å². The van der Waals surface area contributed by atoms with Crippen LogP contribution >= 0.6 is 11.6 Å². The fourth-order valence-corrected chi connectivity index (χ4v) is 3.36. The topological polar surface area (TPSA) is 112 Å². The summed E-state index contributed by atoms with van der Waals surface area (Å²) < 4.78 is 26.1. The number of aromatic nitrogens is 1. The lowest BCUT2D eigenvalue weighted by Gasteiger charge is -2.21. The van der Waals surface area contributed by atoms with Gasteiger partial charge in [-0.2, -0.15) is 9.57 Å². The predicted octanol–water partition coefficient (Wildman–Crippen LogP) is 1.19. The second-order valence-electron chi connectivity index (χ2n) is 4.13. The number of nitrogens with one attached hydrogen (secondary N) is 1. The van der Waals surface area contributed by atoms with Crippen LogP contribution in [0.5, 0.6) is 0 Å². The molecule has 1 aromatic heterocycles. The molecule has 0 saturated heterocycles. The van der Waals surface area contributed by atoms with Gasteiger partial charge in [-0.15, -0.1) is 0 Å². The third kappa shape index (κ3) is 3.58. The number of nitrogens with two attached hydrogens (primary N) is 1. The molecule has 3 N–H and O–H groups in total. The first kappa shape index (κ1) is 16.7. The maximum atomic E-state index is 12.4. The average Bonchev–Trinajstić information content (AvgIpc) is 2.43. The fraction of sp³-hybridized carbons (Fsp3) is 0.455. The number of nitrogen functional groups attached to an aromatic ring is 1. The van der Waals surface area contributed by atoms with E-state index in [1.807, 2.05) is 6.07 Å². The molecule has 20 heavy (non-hydrogen) atoms. The van der Waals surface area contributed by atoms with Gasteiger partial charge in [-0.25, -0.2) is 19.2 Å². The van der Waals surface area contributed by atoms with E-state index >= 15 is 0 Å². The monoisotopic (exact) mass is 317 g/mol. The number of nitrogens with zero attached hydrogens (tertiary/aromatic N) is 3. The van der Waals surface area contributed by atoms with E-state index in [0.717, 1.165) is 0 Å².